The summed E-state index contributed by atoms with van der Waals surface area (Å²) in [5, 5.41) is 0. The Morgan fingerprint density at radius 1 is 0.512 bits per heavy atom. The van der Waals surface area contributed by atoms with E-state index in [0.29, 0.717) is 0 Å². The fraction of sp³-hybridized carbons (Fsp3) is 0.590. The number of aliphatic imine (C=N–C) groups is 2. The van der Waals surface area contributed by atoms with Gasteiger partial charge in [0.25, 0.3) is 0 Å². The van der Waals surface area contributed by atoms with Gasteiger partial charge in [-0.3, -0.25) is 4.99 Å². The van der Waals surface area contributed by atoms with E-state index in [2.05, 4.69) is 89.8 Å². The Kier molecular flexibility index (Phi) is 17.8. The maximum Gasteiger partial charge on any atom is 0.135 e. The van der Waals surface area contributed by atoms with Crippen LogP contribution in [0.1, 0.15) is 147 Å². The van der Waals surface area contributed by atoms with E-state index in [1.54, 1.807) is 0 Å². The van der Waals surface area contributed by atoms with E-state index in [1.165, 1.54) is 80.0 Å². The highest BCUT2D eigenvalue weighted by molar-refractivity contribution is 6.49. The molecule has 2 aromatic rings. The van der Waals surface area contributed by atoms with Crippen molar-refractivity contribution < 1.29 is 0 Å². The average Bonchev–Trinajstić information content (AvgIpc) is 3.00. The third-order valence-corrected chi connectivity index (χ3v) is 7.87. The number of nitrogens with zero attached hydrogens (tertiary/aromatic N) is 2. The van der Waals surface area contributed by atoms with Gasteiger partial charge in [-0.15, -0.1) is 0 Å². The van der Waals surface area contributed by atoms with Gasteiger partial charge in [0.2, 0.25) is 0 Å². The largest absolute Gasteiger partial charge is 0.250 e. The summed E-state index contributed by atoms with van der Waals surface area (Å²) in [6.07, 6.45) is 20.1. The Balaban J connectivity index is 2.35. The zero-order valence-electron chi connectivity index (χ0n) is 27.4. The minimum atomic E-state index is 0.852. The summed E-state index contributed by atoms with van der Waals surface area (Å²) < 4.78 is 0. The van der Waals surface area contributed by atoms with Crippen LogP contribution in [-0.4, -0.2) is 11.4 Å². The zero-order chi connectivity index (χ0) is 29.7. The molecule has 0 N–H and O–H groups in total. The fourth-order valence-corrected chi connectivity index (χ4v) is 5.12. The van der Waals surface area contributed by atoms with Crippen LogP contribution in [0.3, 0.4) is 0 Å². The molecule has 0 aliphatic carbocycles. The summed E-state index contributed by atoms with van der Waals surface area (Å²) >= 11 is 0. The van der Waals surface area contributed by atoms with E-state index in [9.17, 15) is 0 Å². The van der Waals surface area contributed by atoms with Crippen molar-refractivity contribution in [3.8, 4) is 11.8 Å². The van der Waals surface area contributed by atoms with E-state index < -0.39 is 0 Å². The fourth-order valence-electron chi connectivity index (χ4n) is 5.12. The van der Waals surface area contributed by atoms with Gasteiger partial charge in [-0.2, -0.15) is 0 Å². The second kappa shape index (κ2) is 21.1. The average molecular weight is 555 g/mol. The zero-order valence-corrected chi connectivity index (χ0v) is 27.4. The highest BCUT2D eigenvalue weighted by atomic mass is 14.8. The van der Waals surface area contributed by atoms with Crippen LogP contribution in [0.4, 0.5) is 11.4 Å². The molecule has 0 aliphatic rings. The van der Waals surface area contributed by atoms with Gasteiger partial charge in [0, 0.05) is 6.42 Å². The van der Waals surface area contributed by atoms with Gasteiger partial charge in [0.15, 0.2) is 0 Å². The molecule has 0 bridgehead atoms. The van der Waals surface area contributed by atoms with E-state index >= 15 is 0 Å². The molecular formula is C39H58N2. The predicted octanol–water partition coefficient (Wildman–Crippen LogP) is 11.9. The normalized spacial score (nSPS) is 12.0. The Morgan fingerprint density at radius 2 is 0.951 bits per heavy atom. The molecule has 0 saturated carbocycles. The Hall–Kier alpha value is -2.66. The van der Waals surface area contributed by atoms with Crippen molar-refractivity contribution in [3.63, 3.8) is 0 Å². The third-order valence-electron chi connectivity index (χ3n) is 7.87. The summed E-state index contributed by atoms with van der Waals surface area (Å²) in [5.74, 6) is 7.03. The van der Waals surface area contributed by atoms with Gasteiger partial charge in [-0.25, -0.2) is 4.99 Å². The molecule has 0 saturated heterocycles. The van der Waals surface area contributed by atoms with Gasteiger partial charge < -0.3 is 0 Å². The summed E-state index contributed by atoms with van der Waals surface area (Å²) in [7, 11) is 0. The van der Waals surface area contributed by atoms with Crippen LogP contribution in [0.5, 0.6) is 0 Å². The molecule has 0 unspecified atom stereocenters. The molecule has 0 radical (unpaired) electrons. The van der Waals surface area contributed by atoms with Crippen molar-refractivity contribution in [1.29, 1.82) is 0 Å². The molecule has 0 amide bonds. The van der Waals surface area contributed by atoms with Gasteiger partial charge >= 0.3 is 0 Å². The van der Waals surface area contributed by atoms with Crippen LogP contribution >= 0.6 is 0 Å². The summed E-state index contributed by atoms with van der Waals surface area (Å²) in [5.41, 5.74) is 9.28. The van der Waals surface area contributed by atoms with Crippen molar-refractivity contribution in [1.82, 2.24) is 0 Å². The van der Waals surface area contributed by atoms with E-state index in [0.717, 1.165) is 74.2 Å². The highest BCUT2D eigenvalue weighted by Gasteiger charge is 2.10. The lowest BCUT2D eigenvalue weighted by Crippen LogP contribution is -2.12. The Morgan fingerprint density at radius 3 is 1.41 bits per heavy atom. The lowest BCUT2D eigenvalue weighted by molar-refractivity contribution is 0.567. The van der Waals surface area contributed by atoms with Crippen molar-refractivity contribution in [3.05, 3.63) is 58.7 Å². The van der Waals surface area contributed by atoms with E-state index in [1.807, 2.05) is 0 Å². The van der Waals surface area contributed by atoms with Crippen LogP contribution in [-0.2, 0) is 25.7 Å². The highest BCUT2D eigenvalue weighted by Crippen LogP contribution is 2.23. The lowest BCUT2D eigenvalue weighted by Gasteiger charge is -2.10. The summed E-state index contributed by atoms with van der Waals surface area (Å²) in [6.45, 7) is 13.4. The number of hydrogen-bond donors (Lipinski definition) is 0. The quantitative estimate of drug-likeness (QED) is 0.0937. The number of aryl methyl sites for hydroxylation is 4. The van der Waals surface area contributed by atoms with Crippen molar-refractivity contribution in [2.45, 2.75) is 151 Å². The van der Waals surface area contributed by atoms with Crippen LogP contribution in [0.15, 0.2) is 46.4 Å². The van der Waals surface area contributed by atoms with Crippen LogP contribution in [0, 0.1) is 11.8 Å². The number of unbranched alkanes of at least 4 members (excludes halogenated alkanes) is 10. The third kappa shape index (κ3) is 13.7. The molecule has 224 valence electrons. The van der Waals surface area contributed by atoms with Gasteiger partial charge in [-0.1, -0.05) is 117 Å². The first-order valence-corrected chi connectivity index (χ1v) is 17.0. The second-order valence-corrected chi connectivity index (χ2v) is 11.4. The molecule has 0 aliphatic heterocycles. The van der Waals surface area contributed by atoms with Gasteiger partial charge in [0.05, 0.1) is 17.1 Å². The summed E-state index contributed by atoms with van der Waals surface area (Å²) in [6, 6.07) is 13.6. The smallest absolute Gasteiger partial charge is 0.135 e. The van der Waals surface area contributed by atoms with Crippen molar-refractivity contribution >= 4 is 22.8 Å². The molecule has 2 aromatic carbocycles. The lowest BCUT2D eigenvalue weighted by atomic mass is 10.0. The van der Waals surface area contributed by atoms with E-state index in [-0.39, 0.29) is 0 Å². The maximum absolute atomic E-state index is 5.25. The topological polar surface area (TPSA) is 24.7 Å². The molecule has 0 spiro atoms. The SMILES string of the molecule is CCCCCCCCCCCC#CC(=Nc1cc(CC)cc(CC)c1)C(CCCC)=Nc1cc(CC)cc(CC)c1. The molecule has 0 fully saturated rings. The van der Waals surface area contributed by atoms with Crippen molar-refractivity contribution in [2.24, 2.45) is 9.98 Å². The first kappa shape index (κ1) is 34.5. The van der Waals surface area contributed by atoms with Gasteiger partial charge in [-0.05, 0) is 97.4 Å². The minimum absolute atomic E-state index is 0.852. The Labute approximate surface area is 253 Å². The van der Waals surface area contributed by atoms with Crippen LogP contribution in [0.2, 0.25) is 0 Å². The second-order valence-electron chi connectivity index (χ2n) is 11.4. The molecular weight excluding hydrogens is 496 g/mol. The Bertz CT molecular complexity index is 1100. The maximum atomic E-state index is 5.25. The van der Waals surface area contributed by atoms with Crippen molar-refractivity contribution in [2.75, 3.05) is 0 Å². The monoisotopic (exact) mass is 554 g/mol. The number of hydrogen-bond acceptors (Lipinski definition) is 2. The molecule has 0 atom stereocenters. The minimum Gasteiger partial charge on any atom is -0.250 e. The molecule has 0 heterocycles. The van der Waals surface area contributed by atoms with Crippen LogP contribution in [0.25, 0.3) is 0 Å². The predicted molar refractivity (Wildman–Crippen MR) is 184 cm³/mol. The van der Waals surface area contributed by atoms with Gasteiger partial charge in [0.1, 0.15) is 5.71 Å². The molecule has 0 aromatic heterocycles. The molecule has 2 nitrogen and oxygen atoms in total. The van der Waals surface area contributed by atoms with E-state index in [4.69, 9.17) is 9.98 Å². The molecule has 2 heteroatoms. The molecule has 2 rings (SSSR count). The first-order chi connectivity index (χ1) is 20.1. The first-order valence-electron chi connectivity index (χ1n) is 17.0. The van der Waals surface area contributed by atoms with Crippen LogP contribution < -0.4 is 0 Å². The number of rotatable bonds is 19. The summed E-state index contributed by atoms with van der Waals surface area (Å²) in [4.78, 5) is 10.5. The standard InChI is InChI=1S/C39H58N2/c1-7-13-15-16-17-18-19-20-21-22-23-25-39(41-37-30-34(11-5)27-35(12-6)31-37)38(24-14-8-2)40-36-28-32(9-3)26-33(10-4)29-36/h26-31H,7-22,24H2,1-6H3. The number of benzene rings is 2. The molecule has 41 heavy (non-hydrogen) atoms.